The average molecular weight is 236 g/mol. The van der Waals surface area contributed by atoms with Gasteiger partial charge in [-0.2, -0.15) is 5.26 Å². The molecule has 0 aliphatic heterocycles. The molecule has 0 N–H and O–H groups in total. The second-order valence-electron chi connectivity index (χ2n) is 3.81. The molecule has 0 aromatic heterocycles. The maximum Gasteiger partial charge on any atom is 0.160 e. The van der Waals surface area contributed by atoms with E-state index in [2.05, 4.69) is 0 Å². The molecule has 1 aromatic rings. The molecule has 0 bridgehead atoms. The molecule has 1 atom stereocenters. The lowest BCUT2D eigenvalue weighted by atomic mass is 10.2. The van der Waals surface area contributed by atoms with Crippen molar-refractivity contribution in [3.8, 4) is 11.8 Å². The van der Waals surface area contributed by atoms with Gasteiger partial charge in [0, 0.05) is 12.0 Å². The first kappa shape index (κ1) is 11.0. The van der Waals surface area contributed by atoms with E-state index in [9.17, 15) is 4.79 Å². The van der Waals surface area contributed by atoms with Gasteiger partial charge in [0.2, 0.25) is 0 Å². The predicted molar refractivity (Wildman–Crippen MR) is 59.4 cm³/mol. The Kier molecular flexibility index (Phi) is 3.12. The van der Waals surface area contributed by atoms with Crippen molar-refractivity contribution in [2.24, 2.45) is 5.92 Å². The van der Waals surface area contributed by atoms with E-state index in [1.807, 2.05) is 6.07 Å². The van der Waals surface area contributed by atoms with Crippen LogP contribution in [-0.4, -0.2) is 12.4 Å². The molecule has 2 rings (SSSR count). The summed E-state index contributed by atoms with van der Waals surface area (Å²) in [5.74, 6) is 0.875. The van der Waals surface area contributed by atoms with Gasteiger partial charge in [0.1, 0.15) is 11.8 Å². The third kappa shape index (κ3) is 2.34. The van der Waals surface area contributed by atoms with Crippen LogP contribution in [0.2, 0.25) is 5.02 Å². The van der Waals surface area contributed by atoms with E-state index in [-0.39, 0.29) is 6.10 Å². The Bertz CT molecular complexity index is 449. The third-order valence-corrected chi connectivity index (χ3v) is 2.87. The Hall–Kier alpha value is -1.53. The number of carbonyl (C=O) groups excluding carboxylic acids is 1. The van der Waals surface area contributed by atoms with E-state index in [0.717, 1.165) is 19.1 Å². The summed E-state index contributed by atoms with van der Waals surface area (Å²) >= 11 is 5.86. The lowest BCUT2D eigenvalue weighted by molar-refractivity contribution is -0.114. The first-order valence-corrected chi connectivity index (χ1v) is 5.44. The average Bonchev–Trinajstić information content (AvgIpc) is 3.10. The van der Waals surface area contributed by atoms with Gasteiger partial charge in [-0.05, 0) is 25.0 Å². The van der Waals surface area contributed by atoms with Gasteiger partial charge in [-0.15, -0.1) is 0 Å². The zero-order valence-corrected chi connectivity index (χ0v) is 9.28. The molecule has 0 radical (unpaired) electrons. The smallest absolute Gasteiger partial charge is 0.160 e. The number of benzene rings is 1. The highest BCUT2D eigenvalue weighted by Crippen LogP contribution is 2.34. The van der Waals surface area contributed by atoms with Crippen molar-refractivity contribution in [1.82, 2.24) is 0 Å². The van der Waals surface area contributed by atoms with Crippen LogP contribution in [0.25, 0.3) is 0 Å². The van der Waals surface area contributed by atoms with Crippen molar-refractivity contribution in [3.05, 3.63) is 28.8 Å². The van der Waals surface area contributed by atoms with E-state index in [1.165, 1.54) is 0 Å². The number of carbonyl (C=O) groups is 1. The largest absolute Gasteiger partial charge is 0.483 e. The Morgan fingerprint density at radius 3 is 2.81 bits per heavy atom. The van der Waals surface area contributed by atoms with E-state index in [1.54, 1.807) is 18.2 Å². The molecule has 0 heterocycles. The molecule has 4 heteroatoms. The van der Waals surface area contributed by atoms with Gasteiger partial charge < -0.3 is 4.74 Å². The van der Waals surface area contributed by atoms with Crippen molar-refractivity contribution in [1.29, 1.82) is 5.26 Å². The topological polar surface area (TPSA) is 50.1 Å². The van der Waals surface area contributed by atoms with Gasteiger partial charge in [0.25, 0.3) is 0 Å². The highest BCUT2D eigenvalue weighted by molar-refractivity contribution is 6.31. The van der Waals surface area contributed by atoms with Crippen LogP contribution in [0.1, 0.15) is 18.4 Å². The number of hydrogen-bond acceptors (Lipinski definition) is 3. The third-order valence-electron chi connectivity index (χ3n) is 2.55. The van der Waals surface area contributed by atoms with Crippen molar-refractivity contribution in [2.75, 3.05) is 0 Å². The van der Waals surface area contributed by atoms with Crippen LogP contribution >= 0.6 is 11.6 Å². The molecule has 0 amide bonds. The SMILES string of the molecule is N#Cc1ccc(OC(C=O)C2CC2)cc1Cl. The molecule has 1 saturated carbocycles. The molecule has 1 unspecified atom stereocenters. The molecule has 1 aromatic carbocycles. The van der Waals surface area contributed by atoms with Gasteiger partial charge in [-0.1, -0.05) is 11.6 Å². The number of rotatable bonds is 4. The summed E-state index contributed by atoms with van der Waals surface area (Å²) < 4.78 is 5.51. The Balaban J connectivity index is 2.12. The van der Waals surface area contributed by atoms with Crippen molar-refractivity contribution < 1.29 is 9.53 Å². The van der Waals surface area contributed by atoms with E-state index in [4.69, 9.17) is 21.6 Å². The Labute approximate surface area is 98.6 Å². The van der Waals surface area contributed by atoms with Crippen LogP contribution in [0.3, 0.4) is 0 Å². The summed E-state index contributed by atoms with van der Waals surface area (Å²) in [6.45, 7) is 0. The summed E-state index contributed by atoms with van der Waals surface area (Å²) in [5.41, 5.74) is 0.406. The molecule has 1 aliphatic rings. The van der Waals surface area contributed by atoms with Gasteiger partial charge in [0.05, 0.1) is 10.6 Å². The zero-order chi connectivity index (χ0) is 11.5. The fourth-order valence-electron chi connectivity index (χ4n) is 1.48. The summed E-state index contributed by atoms with van der Waals surface area (Å²) in [6, 6.07) is 6.78. The van der Waals surface area contributed by atoms with Crippen LogP contribution < -0.4 is 4.74 Å². The van der Waals surface area contributed by atoms with Gasteiger partial charge >= 0.3 is 0 Å². The molecular weight excluding hydrogens is 226 g/mol. The predicted octanol–water partition coefficient (Wildman–Crippen LogP) is 2.57. The molecule has 1 fully saturated rings. The van der Waals surface area contributed by atoms with Crippen LogP contribution in [0.4, 0.5) is 0 Å². The highest BCUT2D eigenvalue weighted by Gasteiger charge is 2.32. The van der Waals surface area contributed by atoms with Gasteiger partial charge in [-0.25, -0.2) is 0 Å². The lowest BCUT2D eigenvalue weighted by Gasteiger charge is -2.12. The number of nitriles is 1. The van der Waals surface area contributed by atoms with Crippen molar-refractivity contribution in [3.63, 3.8) is 0 Å². The molecule has 82 valence electrons. The minimum absolute atomic E-state index is 0.340. The van der Waals surface area contributed by atoms with Crippen LogP contribution in [0.5, 0.6) is 5.75 Å². The fourth-order valence-corrected chi connectivity index (χ4v) is 1.69. The molecule has 16 heavy (non-hydrogen) atoms. The zero-order valence-electron chi connectivity index (χ0n) is 8.52. The maximum atomic E-state index is 10.8. The van der Waals surface area contributed by atoms with Gasteiger partial charge in [-0.3, -0.25) is 4.79 Å². The monoisotopic (exact) mass is 235 g/mol. The van der Waals surface area contributed by atoms with Crippen LogP contribution in [0.15, 0.2) is 18.2 Å². The number of halogens is 1. The number of hydrogen-bond donors (Lipinski definition) is 0. The summed E-state index contributed by atoms with van der Waals surface area (Å²) in [7, 11) is 0. The molecular formula is C12H10ClNO2. The second kappa shape index (κ2) is 4.54. The van der Waals surface area contributed by atoms with Gasteiger partial charge in [0.15, 0.2) is 12.4 Å². The molecule has 0 spiro atoms. The lowest BCUT2D eigenvalue weighted by Crippen LogP contribution is -2.20. The first-order chi connectivity index (χ1) is 7.74. The standard InChI is InChI=1S/C12H10ClNO2/c13-11-5-10(4-3-9(11)6-14)16-12(7-15)8-1-2-8/h3-5,7-8,12H,1-2H2. The van der Waals surface area contributed by atoms with Crippen molar-refractivity contribution in [2.45, 2.75) is 18.9 Å². The van der Waals surface area contributed by atoms with E-state index >= 15 is 0 Å². The van der Waals surface area contributed by atoms with E-state index in [0.29, 0.717) is 22.3 Å². The van der Waals surface area contributed by atoms with Crippen molar-refractivity contribution >= 4 is 17.9 Å². The van der Waals surface area contributed by atoms with Crippen LogP contribution in [0, 0.1) is 17.2 Å². The summed E-state index contributed by atoms with van der Waals surface area (Å²) in [4.78, 5) is 10.8. The maximum absolute atomic E-state index is 10.8. The number of ether oxygens (including phenoxy) is 1. The molecule has 0 saturated heterocycles. The summed E-state index contributed by atoms with van der Waals surface area (Å²) in [6.07, 6.45) is 2.51. The molecule has 1 aliphatic carbocycles. The van der Waals surface area contributed by atoms with Crippen LogP contribution in [-0.2, 0) is 4.79 Å². The number of nitrogens with zero attached hydrogens (tertiary/aromatic N) is 1. The first-order valence-electron chi connectivity index (χ1n) is 5.06. The summed E-state index contributed by atoms with van der Waals surface area (Å²) in [5, 5.41) is 9.05. The normalized spacial score (nSPS) is 16.2. The highest BCUT2D eigenvalue weighted by atomic mass is 35.5. The Morgan fingerprint density at radius 2 is 2.31 bits per heavy atom. The minimum Gasteiger partial charge on any atom is -0.483 e. The molecule has 3 nitrogen and oxygen atoms in total. The quantitative estimate of drug-likeness (QED) is 0.754. The number of aldehydes is 1. The second-order valence-corrected chi connectivity index (χ2v) is 4.22. The minimum atomic E-state index is -0.385. The fraction of sp³-hybridized carbons (Fsp3) is 0.333. The Morgan fingerprint density at radius 1 is 1.56 bits per heavy atom. The van der Waals surface area contributed by atoms with E-state index < -0.39 is 0 Å².